The van der Waals surface area contributed by atoms with Gasteiger partial charge >= 0.3 is 0 Å². The van der Waals surface area contributed by atoms with Gasteiger partial charge in [0, 0.05) is 11.5 Å². The van der Waals surface area contributed by atoms with Crippen molar-refractivity contribution in [2.24, 2.45) is 0 Å². The van der Waals surface area contributed by atoms with Crippen LogP contribution >= 0.6 is 0 Å². The minimum Gasteiger partial charge on any atom is -0.490 e. The summed E-state index contributed by atoms with van der Waals surface area (Å²) in [5, 5.41) is 7.96. The number of nitrogens with zero attached hydrogens (tertiary/aromatic N) is 1. The normalized spacial score (nSPS) is 10.5. The van der Waals surface area contributed by atoms with E-state index in [1.54, 1.807) is 6.20 Å². The van der Waals surface area contributed by atoms with Crippen molar-refractivity contribution in [3.8, 4) is 11.5 Å². The van der Waals surface area contributed by atoms with Crippen molar-refractivity contribution in [1.29, 1.82) is 0 Å². The average molecular weight is 254 g/mol. The molecular formula is C15H14N2O2. The molecule has 0 saturated heterocycles. The molecule has 0 bridgehead atoms. The number of nitrogens with one attached hydrogen (secondary N) is 1. The summed E-state index contributed by atoms with van der Waals surface area (Å²) in [5.41, 5.74) is 0.974. The second-order valence-corrected chi connectivity index (χ2v) is 4.13. The van der Waals surface area contributed by atoms with Crippen molar-refractivity contribution in [2.75, 3.05) is 13.2 Å². The van der Waals surface area contributed by atoms with Crippen LogP contribution in [0.4, 0.5) is 0 Å². The fraction of sp³-hybridized carbons (Fsp3) is 0.133. The number of ether oxygens (including phenoxy) is 2. The maximum atomic E-state index is 5.63. The van der Waals surface area contributed by atoms with Gasteiger partial charge in [-0.25, -0.2) is 0 Å². The second-order valence-electron chi connectivity index (χ2n) is 4.13. The molecule has 0 aliphatic rings. The highest BCUT2D eigenvalue weighted by atomic mass is 16.5. The standard InChI is InChI=1S/C15H14N2O2/c1-2-4-13(5-3-1)18-8-9-19-14-7-6-12-11-16-17-15(12)10-14/h1-7,10-11H,8-9H2,(H,16,17). The number of H-pyrrole nitrogens is 1. The summed E-state index contributed by atoms with van der Waals surface area (Å²) in [6, 6.07) is 15.6. The molecule has 0 aliphatic carbocycles. The maximum absolute atomic E-state index is 5.63. The van der Waals surface area contributed by atoms with E-state index in [0.29, 0.717) is 13.2 Å². The van der Waals surface area contributed by atoms with Crippen LogP contribution in [-0.4, -0.2) is 23.4 Å². The van der Waals surface area contributed by atoms with Gasteiger partial charge in [-0.05, 0) is 24.3 Å². The summed E-state index contributed by atoms with van der Waals surface area (Å²) in [5.74, 6) is 1.67. The maximum Gasteiger partial charge on any atom is 0.122 e. The van der Waals surface area contributed by atoms with Crippen molar-refractivity contribution in [3.63, 3.8) is 0 Å². The van der Waals surface area contributed by atoms with E-state index < -0.39 is 0 Å². The minimum atomic E-state index is 0.508. The Bertz CT molecular complexity index is 649. The topological polar surface area (TPSA) is 47.1 Å². The Morgan fingerprint density at radius 3 is 2.53 bits per heavy atom. The van der Waals surface area contributed by atoms with Gasteiger partial charge in [0.05, 0.1) is 11.7 Å². The van der Waals surface area contributed by atoms with E-state index in [0.717, 1.165) is 22.4 Å². The predicted octanol–water partition coefficient (Wildman–Crippen LogP) is 3.02. The summed E-state index contributed by atoms with van der Waals surface area (Å²) in [7, 11) is 0. The summed E-state index contributed by atoms with van der Waals surface area (Å²) in [6.45, 7) is 1.03. The zero-order valence-corrected chi connectivity index (χ0v) is 10.4. The van der Waals surface area contributed by atoms with Crippen LogP contribution in [0.2, 0.25) is 0 Å². The lowest BCUT2D eigenvalue weighted by Crippen LogP contribution is -2.08. The molecule has 4 heteroatoms. The lowest BCUT2D eigenvalue weighted by Gasteiger charge is -2.08. The molecule has 3 rings (SSSR count). The van der Waals surface area contributed by atoms with Gasteiger partial charge in [-0.3, -0.25) is 5.10 Å². The number of benzene rings is 2. The van der Waals surface area contributed by atoms with Crippen LogP contribution in [0.5, 0.6) is 11.5 Å². The summed E-state index contributed by atoms with van der Waals surface area (Å²) >= 11 is 0. The van der Waals surface area contributed by atoms with Crippen LogP contribution in [0.15, 0.2) is 54.7 Å². The van der Waals surface area contributed by atoms with Crippen molar-refractivity contribution in [2.45, 2.75) is 0 Å². The van der Waals surface area contributed by atoms with Crippen molar-refractivity contribution in [3.05, 3.63) is 54.7 Å². The van der Waals surface area contributed by atoms with E-state index >= 15 is 0 Å². The third-order valence-corrected chi connectivity index (χ3v) is 2.78. The quantitative estimate of drug-likeness (QED) is 0.712. The van der Waals surface area contributed by atoms with Crippen LogP contribution in [-0.2, 0) is 0 Å². The second kappa shape index (κ2) is 5.44. The molecule has 3 aromatic rings. The van der Waals surface area contributed by atoms with Gasteiger partial charge in [-0.2, -0.15) is 5.10 Å². The first-order chi connectivity index (χ1) is 9.42. The molecule has 0 unspecified atom stereocenters. The van der Waals surface area contributed by atoms with Gasteiger partial charge in [0.1, 0.15) is 24.7 Å². The summed E-state index contributed by atoms with van der Waals surface area (Å²) < 4.78 is 11.2. The zero-order valence-electron chi connectivity index (χ0n) is 10.4. The van der Waals surface area contributed by atoms with Gasteiger partial charge < -0.3 is 9.47 Å². The van der Waals surface area contributed by atoms with Crippen LogP contribution in [0.25, 0.3) is 10.9 Å². The Morgan fingerprint density at radius 2 is 1.68 bits per heavy atom. The molecule has 0 amide bonds. The first-order valence-corrected chi connectivity index (χ1v) is 6.15. The fourth-order valence-electron chi connectivity index (χ4n) is 1.84. The lowest BCUT2D eigenvalue weighted by molar-refractivity contribution is 0.217. The molecular weight excluding hydrogens is 240 g/mol. The van der Waals surface area contributed by atoms with Gasteiger partial charge in [0.25, 0.3) is 0 Å². The number of para-hydroxylation sites is 1. The summed E-state index contributed by atoms with van der Waals surface area (Å²) in [6.07, 6.45) is 1.79. The van der Waals surface area contributed by atoms with Crippen LogP contribution in [0.3, 0.4) is 0 Å². The molecule has 0 saturated carbocycles. The average Bonchev–Trinajstić information content (AvgIpc) is 2.92. The Hall–Kier alpha value is -2.49. The largest absolute Gasteiger partial charge is 0.490 e. The SMILES string of the molecule is c1ccc(OCCOc2ccc3cn[nH]c3c2)cc1. The molecule has 1 N–H and O–H groups in total. The monoisotopic (exact) mass is 254 g/mol. The van der Waals surface area contributed by atoms with E-state index in [2.05, 4.69) is 10.2 Å². The number of rotatable bonds is 5. The highest BCUT2D eigenvalue weighted by Gasteiger charge is 1.99. The van der Waals surface area contributed by atoms with E-state index in [1.807, 2.05) is 48.5 Å². The lowest BCUT2D eigenvalue weighted by atomic mass is 10.2. The van der Waals surface area contributed by atoms with E-state index in [9.17, 15) is 0 Å². The Balaban J connectivity index is 1.52. The van der Waals surface area contributed by atoms with Crippen molar-refractivity contribution in [1.82, 2.24) is 10.2 Å². The molecule has 1 heterocycles. The van der Waals surface area contributed by atoms with Crippen LogP contribution in [0, 0.1) is 0 Å². The van der Waals surface area contributed by atoms with E-state index in [1.165, 1.54) is 0 Å². The molecule has 0 aliphatic heterocycles. The van der Waals surface area contributed by atoms with Gasteiger partial charge in [0.15, 0.2) is 0 Å². The van der Waals surface area contributed by atoms with E-state index in [4.69, 9.17) is 9.47 Å². The minimum absolute atomic E-state index is 0.508. The van der Waals surface area contributed by atoms with Crippen LogP contribution < -0.4 is 9.47 Å². The van der Waals surface area contributed by atoms with E-state index in [-0.39, 0.29) is 0 Å². The number of fused-ring (bicyclic) bond motifs is 1. The number of hydrogen-bond donors (Lipinski definition) is 1. The number of aromatic amines is 1. The molecule has 96 valence electrons. The molecule has 19 heavy (non-hydrogen) atoms. The first-order valence-electron chi connectivity index (χ1n) is 6.15. The molecule has 4 nitrogen and oxygen atoms in total. The molecule has 0 fully saturated rings. The molecule has 2 aromatic carbocycles. The Morgan fingerprint density at radius 1 is 0.895 bits per heavy atom. The highest BCUT2D eigenvalue weighted by molar-refractivity contribution is 5.79. The smallest absolute Gasteiger partial charge is 0.122 e. The first kappa shape index (κ1) is 11.6. The summed E-state index contributed by atoms with van der Waals surface area (Å²) in [4.78, 5) is 0. The molecule has 0 atom stereocenters. The van der Waals surface area contributed by atoms with Gasteiger partial charge in [-0.15, -0.1) is 0 Å². The van der Waals surface area contributed by atoms with Gasteiger partial charge in [0.2, 0.25) is 0 Å². The predicted molar refractivity (Wildman–Crippen MR) is 73.5 cm³/mol. The van der Waals surface area contributed by atoms with Crippen LogP contribution in [0.1, 0.15) is 0 Å². The number of hydrogen-bond acceptors (Lipinski definition) is 3. The van der Waals surface area contributed by atoms with Crippen molar-refractivity contribution < 1.29 is 9.47 Å². The Labute approximate surface area is 111 Å². The number of aromatic nitrogens is 2. The highest BCUT2D eigenvalue weighted by Crippen LogP contribution is 2.18. The molecule has 1 aromatic heterocycles. The third kappa shape index (κ3) is 2.85. The zero-order chi connectivity index (χ0) is 12.9. The fourth-order valence-corrected chi connectivity index (χ4v) is 1.84. The molecule has 0 radical (unpaired) electrons. The third-order valence-electron chi connectivity index (χ3n) is 2.78. The Kier molecular flexibility index (Phi) is 3.32. The van der Waals surface area contributed by atoms with Crippen molar-refractivity contribution >= 4 is 10.9 Å². The molecule has 0 spiro atoms. The van der Waals surface area contributed by atoms with Gasteiger partial charge in [-0.1, -0.05) is 18.2 Å².